The molecule has 0 unspecified atom stereocenters. The maximum atomic E-state index is 12.6. The number of carbonyl (C=O) groups excluding carboxylic acids is 1. The fourth-order valence-corrected chi connectivity index (χ4v) is 5.16. The highest BCUT2D eigenvalue weighted by molar-refractivity contribution is 5.76. The Bertz CT molecular complexity index is 1080. The summed E-state index contributed by atoms with van der Waals surface area (Å²) in [5.74, 6) is 0.159. The van der Waals surface area contributed by atoms with Gasteiger partial charge in [0.05, 0.1) is 0 Å². The second kappa shape index (κ2) is 11.2. The van der Waals surface area contributed by atoms with E-state index >= 15 is 0 Å². The van der Waals surface area contributed by atoms with Gasteiger partial charge in [-0.3, -0.25) is 4.79 Å². The largest absolute Gasteiger partial charge is 0.384 e. The van der Waals surface area contributed by atoms with Crippen LogP contribution in [0.25, 0.3) is 5.70 Å². The molecule has 0 saturated heterocycles. The van der Waals surface area contributed by atoms with Gasteiger partial charge in [-0.05, 0) is 61.3 Å². The molecule has 176 valence electrons. The van der Waals surface area contributed by atoms with Crippen LogP contribution in [0.2, 0.25) is 0 Å². The van der Waals surface area contributed by atoms with Crippen molar-refractivity contribution in [1.29, 1.82) is 0 Å². The second-order valence-corrected chi connectivity index (χ2v) is 9.62. The lowest BCUT2D eigenvalue weighted by molar-refractivity contribution is -0.122. The smallest absolute Gasteiger partial charge is 0.220 e. The molecule has 1 fully saturated rings. The number of benzene rings is 3. The van der Waals surface area contributed by atoms with Gasteiger partial charge in [-0.1, -0.05) is 91.5 Å². The van der Waals surface area contributed by atoms with Crippen molar-refractivity contribution in [2.75, 3.05) is 6.54 Å². The number of amides is 1. The second-order valence-electron chi connectivity index (χ2n) is 9.62. The van der Waals surface area contributed by atoms with Crippen LogP contribution in [0.4, 0.5) is 0 Å². The highest BCUT2D eigenvalue weighted by atomic mass is 16.1. The van der Waals surface area contributed by atoms with Crippen LogP contribution in [0, 0.1) is 6.92 Å². The van der Waals surface area contributed by atoms with E-state index in [9.17, 15) is 4.79 Å². The first kappa shape index (κ1) is 23.8. The minimum atomic E-state index is 0.0398. The molecule has 2 N–H and O–H groups in total. The van der Waals surface area contributed by atoms with Crippen molar-refractivity contribution in [3.8, 4) is 0 Å². The lowest BCUT2D eigenvalue weighted by Crippen LogP contribution is -2.46. The normalized spacial score (nSPS) is 19.9. The van der Waals surface area contributed by atoms with Crippen LogP contribution >= 0.6 is 0 Å². The Hall–Kier alpha value is -3.33. The monoisotopic (exact) mass is 452 g/mol. The van der Waals surface area contributed by atoms with Crippen LogP contribution in [0.3, 0.4) is 0 Å². The number of aryl methyl sites for hydroxylation is 2. The number of carbonyl (C=O) groups is 1. The van der Waals surface area contributed by atoms with Crippen LogP contribution < -0.4 is 10.6 Å². The Morgan fingerprint density at radius 2 is 1.53 bits per heavy atom. The van der Waals surface area contributed by atoms with Gasteiger partial charge in [0, 0.05) is 30.1 Å². The van der Waals surface area contributed by atoms with E-state index in [1.165, 1.54) is 22.3 Å². The molecule has 3 aromatic rings. The van der Waals surface area contributed by atoms with Crippen molar-refractivity contribution < 1.29 is 4.79 Å². The molecule has 0 radical (unpaired) electrons. The summed E-state index contributed by atoms with van der Waals surface area (Å²) in [5.41, 5.74) is 6.00. The average Bonchev–Trinajstić information content (AvgIpc) is 2.88. The van der Waals surface area contributed by atoms with Gasteiger partial charge in [0.1, 0.15) is 0 Å². The van der Waals surface area contributed by atoms with Crippen LogP contribution in [0.15, 0.2) is 91.5 Å². The lowest BCUT2D eigenvalue weighted by atomic mass is 9.68. The summed E-state index contributed by atoms with van der Waals surface area (Å²) >= 11 is 0. The molecule has 1 aliphatic rings. The van der Waals surface area contributed by atoms with Crippen molar-refractivity contribution in [2.45, 2.75) is 56.9 Å². The van der Waals surface area contributed by atoms with E-state index in [1.54, 1.807) is 0 Å². The summed E-state index contributed by atoms with van der Waals surface area (Å²) in [7, 11) is 0. The summed E-state index contributed by atoms with van der Waals surface area (Å²) in [4.78, 5) is 12.6. The van der Waals surface area contributed by atoms with Gasteiger partial charge in [0.2, 0.25) is 5.91 Å². The number of rotatable bonds is 9. The molecule has 0 bridgehead atoms. The molecule has 1 aliphatic carbocycles. The van der Waals surface area contributed by atoms with Crippen LogP contribution in [-0.4, -0.2) is 18.5 Å². The topological polar surface area (TPSA) is 41.1 Å². The van der Waals surface area contributed by atoms with E-state index in [0.29, 0.717) is 6.42 Å². The third kappa shape index (κ3) is 5.96. The van der Waals surface area contributed by atoms with Crippen molar-refractivity contribution in [3.05, 3.63) is 114 Å². The third-order valence-electron chi connectivity index (χ3n) is 7.29. The Balaban J connectivity index is 1.36. The average molecular weight is 453 g/mol. The summed E-state index contributed by atoms with van der Waals surface area (Å²) in [5, 5.41) is 6.96. The Kier molecular flexibility index (Phi) is 7.84. The summed E-state index contributed by atoms with van der Waals surface area (Å²) in [6.07, 6.45) is 5.39. The highest BCUT2D eigenvalue weighted by Gasteiger charge is 2.37. The maximum absolute atomic E-state index is 12.6. The zero-order valence-electron chi connectivity index (χ0n) is 20.2. The SMILES string of the molecule is C=C(NCC1(c2ccccc2)CCC(NC(=O)CCc2ccccc2)CC1)c1ccccc1C. The maximum Gasteiger partial charge on any atom is 0.220 e. The predicted octanol–water partition coefficient (Wildman–Crippen LogP) is 6.18. The standard InChI is InChI=1S/C31H36N2O/c1-24-11-9-10-16-29(24)25(2)32-23-31(27-14-7-4-8-15-27)21-19-28(20-22-31)33-30(34)18-17-26-12-5-3-6-13-26/h3-16,28,32H,2,17-23H2,1H3,(H,33,34). The fourth-order valence-electron chi connectivity index (χ4n) is 5.16. The van der Waals surface area contributed by atoms with E-state index in [0.717, 1.165) is 44.3 Å². The summed E-state index contributed by atoms with van der Waals surface area (Å²) in [6.45, 7) is 7.30. The molecule has 4 rings (SSSR count). The number of hydrogen-bond acceptors (Lipinski definition) is 2. The number of hydrogen-bond donors (Lipinski definition) is 2. The highest BCUT2D eigenvalue weighted by Crippen LogP contribution is 2.39. The molecular weight excluding hydrogens is 416 g/mol. The first-order chi connectivity index (χ1) is 16.6. The van der Waals surface area contributed by atoms with E-state index in [4.69, 9.17) is 0 Å². The van der Waals surface area contributed by atoms with Gasteiger partial charge < -0.3 is 10.6 Å². The molecule has 0 atom stereocenters. The molecule has 3 heteroatoms. The molecule has 1 amide bonds. The third-order valence-corrected chi connectivity index (χ3v) is 7.29. The van der Waals surface area contributed by atoms with Crippen LogP contribution in [0.1, 0.15) is 54.4 Å². The van der Waals surface area contributed by atoms with Gasteiger partial charge in [0.25, 0.3) is 0 Å². The molecule has 3 aromatic carbocycles. The molecule has 0 aliphatic heterocycles. The summed E-state index contributed by atoms with van der Waals surface area (Å²) < 4.78 is 0. The van der Waals surface area contributed by atoms with Gasteiger partial charge in [-0.25, -0.2) is 0 Å². The van der Waals surface area contributed by atoms with Crippen LogP contribution in [0.5, 0.6) is 0 Å². The van der Waals surface area contributed by atoms with Gasteiger partial charge in [-0.15, -0.1) is 0 Å². The molecule has 0 spiro atoms. The van der Waals surface area contributed by atoms with Crippen molar-refractivity contribution >= 4 is 11.6 Å². The van der Waals surface area contributed by atoms with Gasteiger partial charge in [-0.2, -0.15) is 0 Å². The fraction of sp³-hybridized carbons (Fsp3) is 0.323. The molecular formula is C31H36N2O. The first-order valence-electron chi connectivity index (χ1n) is 12.4. The minimum absolute atomic E-state index is 0.0398. The Morgan fingerprint density at radius 1 is 0.912 bits per heavy atom. The van der Waals surface area contributed by atoms with E-state index in [1.807, 2.05) is 18.2 Å². The van der Waals surface area contributed by atoms with Crippen molar-refractivity contribution in [2.24, 2.45) is 0 Å². The van der Waals surface area contributed by atoms with E-state index in [-0.39, 0.29) is 17.4 Å². The zero-order chi connectivity index (χ0) is 23.8. The molecule has 0 heterocycles. The zero-order valence-corrected chi connectivity index (χ0v) is 20.2. The molecule has 0 aromatic heterocycles. The summed E-state index contributed by atoms with van der Waals surface area (Å²) in [6, 6.07) is 29.7. The number of nitrogens with one attached hydrogen (secondary N) is 2. The van der Waals surface area contributed by atoms with Crippen LogP contribution in [-0.2, 0) is 16.6 Å². The first-order valence-corrected chi connectivity index (χ1v) is 12.4. The lowest BCUT2D eigenvalue weighted by Gasteiger charge is -2.41. The van der Waals surface area contributed by atoms with Crippen molar-refractivity contribution in [1.82, 2.24) is 10.6 Å². The molecule has 1 saturated carbocycles. The van der Waals surface area contributed by atoms with E-state index in [2.05, 4.69) is 90.9 Å². The Morgan fingerprint density at radius 3 is 2.21 bits per heavy atom. The molecule has 34 heavy (non-hydrogen) atoms. The molecule has 3 nitrogen and oxygen atoms in total. The van der Waals surface area contributed by atoms with Gasteiger partial charge >= 0.3 is 0 Å². The Labute approximate surface area is 204 Å². The van der Waals surface area contributed by atoms with E-state index < -0.39 is 0 Å². The minimum Gasteiger partial charge on any atom is -0.384 e. The van der Waals surface area contributed by atoms with Gasteiger partial charge in [0.15, 0.2) is 0 Å². The predicted molar refractivity (Wildman–Crippen MR) is 141 cm³/mol. The van der Waals surface area contributed by atoms with Crippen molar-refractivity contribution in [3.63, 3.8) is 0 Å². The quantitative estimate of drug-likeness (QED) is 0.407.